The molecule has 3 heteroatoms. The van der Waals surface area contributed by atoms with Crippen molar-refractivity contribution in [1.29, 1.82) is 0 Å². The van der Waals surface area contributed by atoms with Gasteiger partial charge < -0.3 is 5.11 Å². The zero-order valence-corrected chi connectivity index (χ0v) is 18.8. The summed E-state index contributed by atoms with van der Waals surface area (Å²) in [6.07, 6.45) is 0. The van der Waals surface area contributed by atoms with Gasteiger partial charge in [0.25, 0.3) is 0 Å². The fraction of sp³-hybridized carbons (Fsp3) is 0.296. The van der Waals surface area contributed by atoms with Crippen LogP contribution in [0.5, 0.6) is 5.75 Å². The molecule has 0 aliphatic rings. The molecule has 0 unspecified atom stereocenters. The molecule has 0 atom stereocenters. The first kappa shape index (κ1) is 21.6. The van der Waals surface area contributed by atoms with E-state index in [1.54, 1.807) is 0 Å². The highest BCUT2D eigenvalue weighted by Crippen LogP contribution is 2.40. The van der Waals surface area contributed by atoms with Gasteiger partial charge in [0.05, 0.1) is 11.4 Å². The predicted molar refractivity (Wildman–Crippen MR) is 128 cm³/mol. The van der Waals surface area contributed by atoms with Crippen LogP contribution in [0.3, 0.4) is 0 Å². The van der Waals surface area contributed by atoms with Gasteiger partial charge in [-0.1, -0.05) is 90.1 Å². The number of nitrogens with zero attached hydrogens (tertiary/aromatic N) is 1. The van der Waals surface area contributed by atoms with Crippen molar-refractivity contribution in [3.8, 4) is 5.75 Å². The van der Waals surface area contributed by atoms with Crippen LogP contribution in [0.15, 0.2) is 77.9 Å². The lowest BCUT2D eigenvalue weighted by Gasteiger charge is -2.28. The molecule has 0 fully saturated rings. The zero-order chi connectivity index (χ0) is 21.9. The summed E-state index contributed by atoms with van der Waals surface area (Å²) in [7, 11) is 0. The van der Waals surface area contributed by atoms with E-state index in [2.05, 4.69) is 71.2 Å². The molecule has 156 valence electrons. The number of phenols is 1. The van der Waals surface area contributed by atoms with Gasteiger partial charge in [-0.05, 0) is 35.1 Å². The average Bonchev–Trinajstić information content (AvgIpc) is 2.69. The Balaban J connectivity index is 2.22. The van der Waals surface area contributed by atoms with Crippen LogP contribution in [0, 0.1) is 0 Å². The lowest BCUT2D eigenvalue weighted by atomic mass is 9.77. The van der Waals surface area contributed by atoms with Crippen LogP contribution in [0.2, 0.25) is 0 Å². The van der Waals surface area contributed by atoms with Crippen LogP contribution in [0.25, 0.3) is 0 Å². The van der Waals surface area contributed by atoms with E-state index in [0.717, 1.165) is 33.7 Å². The summed E-state index contributed by atoms with van der Waals surface area (Å²) in [5.41, 5.74) is 8.42. The van der Waals surface area contributed by atoms with Gasteiger partial charge in [0, 0.05) is 22.3 Å². The van der Waals surface area contributed by atoms with Crippen molar-refractivity contribution in [3.63, 3.8) is 0 Å². The molecule has 2 N–H and O–H groups in total. The molecule has 3 aromatic carbocycles. The maximum atomic E-state index is 11.1. The van der Waals surface area contributed by atoms with Gasteiger partial charge >= 0.3 is 0 Å². The molecule has 0 saturated carbocycles. The number of nitrogens with one attached hydrogen (secondary N) is 1. The molecule has 30 heavy (non-hydrogen) atoms. The number of benzene rings is 3. The Morgan fingerprint density at radius 2 is 1.17 bits per heavy atom. The molecule has 0 aromatic heterocycles. The summed E-state index contributed by atoms with van der Waals surface area (Å²) >= 11 is 0. The highest BCUT2D eigenvalue weighted by atomic mass is 16.3. The second kappa shape index (κ2) is 8.35. The minimum absolute atomic E-state index is 0.200. The van der Waals surface area contributed by atoms with Gasteiger partial charge in [0.15, 0.2) is 0 Å². The molecule has 0 bridgehead atoms. The smallest absolute Gasteiger partial charge is 0.123 e. The van der Waals surface area contributed by atoms with Crippen LogP contribution >= 0.6 is 0 Å². The molecule has 0 spiro atoms. The SMILES string of the molecule is CC(C)(C)c1cc(/C(=N/Nc2ccccc2)c2ccccc2)cc(C(C)(C)C)c1O. The predicted octanol–water partition coefficient (Wildman–Crippen LogP) is 6.85. The largest absolute Gasteiger partial charge is 0.507 e. The Labute approximate surface area is 180 Å². The van der Waals surface area contributed by atoms with E-state index in [4.69, 9.17) is 5.10 Å². The number of rotatable bonds is 4. The Hall–Kier alpha value is -3.07. The van der Waals surface area contributed by atoms with Crippen LogP contribution in [-0.2, 0) is 10.8 Å². The minimum atomic E-state index is -0.200. The number of hydrogen-bond donors (Lipinski definition) is 2. The fourth-order valence-corrected chi connectivity index (χ4v) is 3.44. The number of hydrazone groups is 1. The van der Waals surface area contributed by atoms with Gasteiger partial charge in [0.1, 0.15) is 5.75 Å². The van der Waals surface area contributed by atoms with Gasteiger partial charge in [-0.2, -0.15) is 5.10 Å². The average molecular weight is 401 g/mol. The molecule has 3 aromatic rings. The van der Waals surface area contributed by atoms with Gasteiger partial charge in [0.2, 0.25) is 0 Å². The van der Waals surface area contributed by atoms with Crippen molar-refractivity contribution in [2.75, 3.05) is 5.43 Å². The number of para-hydroxylation sites is 1. The number of aromatic hydroxyl groups is 1. The highest BCUT2D eigenvalue weighted by Gasteiger charge is 2.27. The Bertz CT molecular complexity index is 989. The van der Waals surface area contributed by atoms with E-state index in [0.29, 0.717) is 5.75 Å². The molecule has 0 radical (unpaired) electrons. The van der Waals surface area contributed by atoms with Crippen molar-refractivity contribution >= 4 is 11.4 Å². The minimum Gasteiger partial charge on any atom is -0.507 e. The van der Waals surface area contributed by atoms with E-state index in [1.165, 1.54) is 0 Å². The van der Waals surface area contributed by atoms with E-state index < -0.39 is 0 Å². The second-order valence-electron chi connectivity index (χ2n) is 9.72. The first-order valence-electron chi connectivity index (χ1n) is 10.4. The molecule has 0 aliphatic heterocycles. The fourth-order valence-electron chi connectivity index (χ4n) is 3.44. The molecule has 0 heterocycles. The summed E-state index contributed by atoms with van der Waals surface area (Å²) in [5.74, 6) is 0.377. The molecule has 0 saturated heterocycles. The van der Waals surface area contributed by atoms with E-state index in [9.17, 15) is 5.11 Å². The Morgan fingerprint density at radius 1 is 0.700 bits per heavy atom. The van der Waals surface area contributed by atoms with Crippen LogP contribution < -0.4 is 5.43 Å². The number of anilines is 1. The lowest BCUT2D eigenvalue weighted by molar-refractivity contribution is 0.423. The Kier molecular flexibility index (Phi) is 6.02. The van der Waals surface area contributed by atoms with Crippen molar-refractivity contribution < 1.29 is 5.11 Å². The quantitative estimate of drug-likeness (QED) is 0.371. The van der Waals surface area contributed by atoms with Gasteiger partial charge in [-0.25, -0.2) is 0 Å². The standard InChI is InChI=1S/C27H32N2O/c1-26(2,3)22-17-20(18-23(25(22)30)27(4,5)6)24(19-13-9-7-10-14-19)29-28-21-15-11-8-12-16-21/h7-18,28,30H,1-6H3/b29-24+. The number of hydrogen-bond acceptors (Lipinski definition) is 3. The summed E-state index contributed by atoms with van der Waals surface area (Å²) < 4.78 is 0. The van der Waals surface area contributed by atoms with Crippen LogP contribution in [0.4, 0.5) is 5.69 Å². The summed E-state index contributed by atoms with van der Waals surface area (Å²) in [6.45, 7) is 12.7. The normalized spacial score (nSPS) is 12.7. The molecule has 3 rings (SSSR count). The molecule has 3 nitrogen and oxygen atoms in total. The molecular weight excluding hydrogens is 368 g/mol. The van der Waals surface area contributed by atoms with E-state index in [-0.39, 0.29) is 10.8 Å². The Morgan fingerprint density at radius 3 is 1.63 bits per heavy atom. The number of phenolic OH excluding ortho intramolecular Hbond substituents is 1. The van der Waals surface area contributed by atoms with Crippen molar-refractivity contribution in [3.05, 3.63) is 95.1 Å². The molecule has 0 amide bonds. The monoisotopic (exact) mass is 400 g/mol. The van der Waals surface area contributed by atoms with Crippen molar-refractivity contribution in [1.82, 2.24) is 0 Å². The lowest BCUT2D eigenvalue weighted by Crippen LogP contribution is -2.19. The van der Waals surface area contributed by atoms with Gasteiger partial charge in [-0.3, -0.25) is 5.43 Å². The molecular formula is C27H32N2O. The van der Waals surface area contributed by atoms with E-state index >= 15 is 0 Å². The van der Waals surface area contributed by atoms with E-state index in [1.807, 2.05) is 48.5 Å². The highest BCUT2D eigenvalue weighted by molar-refractivity contribution is 6.13. The molecule has 0 aliphatic carbocycles. The van der Waals surface area contributed by atoms with Crippen LogP contribution in [0.1, 0.15) is 63.8 Å². The summed E-state index contributed by atoms with van der Waals surface area (Å²) in [5, 5.41) is 15.9. The first-order chi connectivity index (χ1) is 14.1. The van der Waals surface area contributed by atoms with Gasteiger partial charge in [-0.15, -0.1) is 0 Å². The maximum Gasteiger partial charge on any atom is 0.123 e. The topological polar surface area (TPSA) is 44.6 Å². The maximum absolute atomic E-state index is 11.1. The third kappa shape index (κ3) is 4.91. The van der Waals surface area contributed by atoms with Crippen molar-refractivity contribution in [2.45, 2.75) is 52.4 Å². The first-order valence-corrected chi connectivity index (χ1v) is 10.4. The summed E-state index contributed by atoms with van der Waals surface area (Å²) in [6, 6.07) is 24.2. The third-order valence-corrected chi connectivity index (χ3v) is 5.12. The third-order valence-electron chi connectivity index (χ3n) is 5.12. The zero-order valence-electron chi connectivity index (χ0n) is 18.8. The van der Waals surface area contributed by atoms with Crippen molar-refractivity contribution in [2.24, 2.45) is 5.10 Å². The van der Waals surface area contributed by atoms with Crippen LogP contribution in [-0.4, -0.2) is 10.8 Å². The summed E-state index contributed by atoms with van der Waals surface area (Å²) in [4.78, 5) is 0. The second-order valence-corrected chi connectivity index (χ2v) is 9.72.